The molecule has 3 rings (SSSR count). The van der Waals surface area contributed by atoms with Crippen molar-refractivity contribution >= 4 is 11.0 Å². The Labute approximate surface area is 123 Å². The molecule has 1 aromatic heterocycles. The van der Waals surface area contributed by atoms with Gasteiger partial charge in [-0.25, -0.2) is 4.98 Å². The molecule has 4 nitrogen and oxygen atoms in total. The summed E-state index contributed by atoms with van der Waals surface area (Å²) in [5.74, 6) is 2.47. The van der Waals surface area contributed by atoms with Gasteiger partial charge in [0.05, 0.1) is 17.6 Å². The molecule has 0 spiro atoms. The number of benzene rings is 2. The molecular formula is C17H18N2O2. The van der Waals surface area contributed by atoms with Crippen LogP contribution in [0.1, 0.15) is 25.8 Å². The summed E-state index contributed by atoms with van der Waals surface area (Å²) in [5, 5.41) is 0. The zero-order valence-corrected chi connectivity index (χ0v) is 12.2. The number of hydrogen-bond donors (Lipinski definition) is 1. The Morgan fingerprint density at radius 2 is 1.76 bits per heavy atom. The molecule has 3 aromatic rings. The molecule has 4 heteroatoms. The summed E-state index contributed by atoms with van der Waals surface area (Å²) in [5.41, 5.74) is 1.98. The summed E-state index contributed by atoms with van der Waals surface area (Å²) in [4.78, 5) is 7.84. The fourth-order valence-corrected chi connectivity index (χ4v) is 2.21. The van der Waals surface area contributed by atoms with Gasteiger partial charge in [-0.15, -0.1) is 0 Å². The van der Waals surface area contributed by atoms with Crippen LogP contribution in [0.4, 0.5) is 0 Å². The first-order valence-corrected chi connectivity index (χ1v) is 7.10. The number of fused-ring (bicyclic) bond motifs is 1. The molecule has 2 aromatic carbocycles. The summed E-state index contributed by atoms with van der Waals surface area (Å²) in [7, 11) is 0. The number of aromatic nitrogens is 2. The number of nitrogens with one attached hydrogen (secondary N) is 1. The lowest BCUT2D eigenvalue weighted by molar-refractivity contribution is 0.217. The van der Waals surface area contributed by atoms with Crippen molar-refractivity contribution in [1.29, 1.82) is 0 Å². The van der Waals surface area contributed by atoms with E-state index in [9.17, 15) is 0 Å². The van der Waals surface area contributed by atoms with Crippen molar-refractivity contribution < 1.29 is 9.47 Å². The van der Waals surface area contributed by atoms with Gasteiger partial charge in [0.2, 0.25) is 0 Å². The average Bonchev–Trinajstić information content (AvgIpc) is 2.94. The van der Waals surface area contributed by atoms with Crippen LogP contribution in [-0.4, -0.2) is 16.6 Å². The molecule has 21 heavy (non-hydrogen) atoms. The van der Waals surface area contributed by atoms with E-state index in [-0.39, 0.29) is 6.10 Å². The molecule has 0 radical (unpaired) electrons. The normalized spacial score (nSPS) is 12.3. The summed E-state index contributed by atoms with van der Waals surface area (Å²) < 4.78 is 11.3. The number of aromatic amines is 1. The van der Waals surface area contributed by atoms with Crippen LogP contribution in [0.2, 0.25) is 0 Å². The van der Waals surface area contributed by atoms with Crippen molar-refractivity contribution in [2.24, 2.45) is 0 Å². The van der Waals surface area contributed by atoms with Crippen molar-refractivity contribution in [2.75, 3.05) is 6.61 Å². The van der Waals surface area contributed by atoms with E-state index < -0.39 is 0 Å². The lowest BCUT2D eigenvalue weighted by atomic mass is 10.3. The van der Waals surface area contributed by atoms with Gasteiger partial charge in [-0.1, -0.05) is 12.1 Å². The predicted molar refractivity (Wildman–Crippen MR) is 82.7 cm³/mol. The average molecular weight is 282 g/mol. The number of para-hydroxylation sites is 2. The zero-order chi connectivity index (χ0) is 14.7. The van der Waals surface area contributed by atoms with Gasteiger partial charge < -0.3 is 14.5 Å². The van der Waals surface area contributed by atoms with E-state index in [1.165, 1.54) is 0 Å². The van der Waals surface area contributed by atoms with Crippen LogP contribution in [0, 0.1) is 0 Å². The highest BCUT2D eigenvalue weighted by Crippen LogP contribution is 2.24. The Hall–Kier alpha value is -2.49. The molecule has 0 aliphatic heterocycles. The molecule has 1 atom stereocenters. The molecular weight excluding hydrogens is 264 g/mol. The van der Waals surface area contributed by atoms with Gasteiger partial charge in [-0.3, -0.25) is 0 Å². The van der Waals surface area contributed by atoms with E-state index in [1.54, 1.807) is 0 Å². The summed E-state index contributed by atoms with van der Waals surface area (Å²) >= 11 is 0. The maximum absolute atomic E-state index is 5.91. The summed E-state index contributed by atoms with van der Waals surface area (Å²) in [6, 6.07) is 15.6. The summed E-state index contributed by atoms with van der Waals surface area (Å²) in [6.45, 7) is 4.61. The molecule has 1 N–H and O–H groups in total. The highest BCUT2D eigenvalue weighted by atomic mass is 16.5. The SMILES string of the molecule is CCOc1ccc(O[C@@H](C)c2nc3ccccc3[nH]2)cc1. The lowest BCUT2D eigenvalue weighted by Gasteiger charge is -2.12. The van der Waals surface area contributed by atoms with Crippen LogP contribution < -0.4 is 9.47 Å². The Morgan fingerprint density at radius 3 is 2.48 bits per heavy atom. The molecule has 0 aliphatic rings. The monoisotopic (exact) mass is 282 g/mol. The van der Waals surface area contributed by atoms with Crippen molar-refractivity contribution in [1.82, 2.24) is 9.97 Å². The topological polar surface area (TPSA) is 47.1 Å². The quantitative estimate of drug-likeness (QED) is 0.766. The van der Waals surface area contributed by atoms with Crippen LogP contribution in [0.25, 0.3) is 11.0 Å². The third kappa shape index (κ3) is 2.99. The van der Waals surface area contributed by atoms with Gasteiger partial charge in [0.1, 0.15) is 17.3 Å². The minimum absolute atomic E-state index is 0.143. The van der Waals surface area contributed by atoms with Crippen LogP contribution in [0.15, 0.2) is 48.5 Å². The van der Waals surface area contributed by atoms with Crippen LogP contribution >= 0.6 is 0 Å². The maximum Gasteiger partial charge on any atom is 0.153 e. The smallest absolute Gasteiger partial charge is 0.153 e. The molecule has 0 fully saturated rings. The van der Waals surface area contributed by atoms with Crippen molar-refractivity contribution in [3.63, 3.8) is 0 Å². The number of rotatable bonds is 5. The molecule has 0 saturated carbocycles. The first-order chi connectivity index (χ1) is 10.3. The number of imidazole rings is 1. The van der Waals surface area contributed by atoms with Crippen LogP contribution in [0.5, 0.6) is 11.5 Å². The highest BCUT2D eigenvalue weighted by molar-refractivity contribution is 5.74. The molecule has 0 aliphatic carbocycles. The minimum Gasteiger partial charge on any atom is -0.494 e. The maximum atomic E-state index is 5.91. The Morgan fingerprint density at radius 1 is 1.05 bits per heavy atom. The second-order valence-electron chi connectivity index (χ2n) is 4.80. The molecule has 0 bridgehead atoms. The molecule has 1 heterocycles. The third-order valence-electron chi connectivity index (χ3n) is 3.24. The van der Waals surface area contributed by atoms with Crippen molar-refractivity contribution in [2.45, 2.75) is 20.0 Å². The minimum atomic E-state index is -0.143. The molecule has 108 valence electrons. The largest absolute Gasteiger partial charge is 0.494 e. The fourth-order valence-electron chi connectivity index (χ4n) is 2.21. The van der Waals surface area contributed by atoms with E-state index in [0.29, 0.717) is 6.61 Å². The second-order valence-corrected chi connectivity index (χ2v) is 4.80. The first kappa shape index (κ1) is 13.5. The Kier molecular flexibility index (Phi) is 3.77. The number of hydrogen-bond acceptors (Lipinski definition) is 3. The van der Waals surface area contributed by atoms with Gasteiger partial charge in [-0.2, -0.15) is 0 Å². The van der Waals surface area contributed by atoms with E-state index >= 15 is 0 Å². The van der Waals surface area contributed by atoms with Gasteiger partial charge in [0.25, 0.3) is 0 Å². The zero-order valence-electron chi connectivity index (χ0n) is 12.2. The van der Waals surface area contributed by atoms with Crippen molar-refractivity contribution in [3.8, 4) is 11.5 Å². The van der Waals surface area contributed by atoms with E-state index in [4.69, 9.17) is 9.47 Å². The highest BCUT2D eigenvalue weighted by Gasteiger charge is 2.12. The Bertz CT molecular complexity index is 686. The Balaban J connectivity index is 1.74. The fraction of sp³-hybridized carbons (Fsp3) is 0.235. The standard InChI is InChI=1S/C17H18N2O2/c1-3-20-13-8-10-14(11-9-13)21-12(2)17-18-15-6-4-5-7-16(15)19-17/h4-12H,3H2,1-2H3,(H,18,19)/t12-/m0/s1. The lowest BCUT2D eigenvalue weighted by Crippen LogP contribution is -2.05. The molecule has 0 amide bonds. The predicted octanol–water partition coefficient (Wildman–Crippen LogP) is 4.10. The van der Waals surface area contributed by atoms with Crippen molar-refractivity contribution in [3.05, 3.63) is 54.4 Å². The van der Waals surface area contributed by atoms with Gasteiger partial charge in [-0.05, 0) is 50.2 Å². The van der Waals surface area contributed by atoms with Crippen LogP contribution in [-0.2, 0) is 0 Å². The van der Waals surface area contributed by atoms with Gasteiger partial charge in [0.15, 0.2) is 6.10 Å². The number of H-pyrrole nitrogens is 1. The third-order valence-corrected chi connectivity index (χ3v) is 3.24. The molecule has 0 unspecified atom stereocenters. The number of ether oxygens (including phenoxy) is 2. The van der Waals surface area contributed by atoms with Gasteiger partial charge in [0, 0.05) is 0 Å². The first-order valence-electron chi connectivity index (χ1n) is 7.10. The van der Waals surface area contributed by atoms with E-state index in [2.05, 4.69) is 9.97 Å². The van der Waals surface area contributed by atoms with Gasteiger partial charge >= 0.3 is 0 Å². The molecule has 0 saturated heterocycles. The number of nitrogens with zero attached hydrogens (tertiary/aromatic N) is 1. The second kappa shape index (κ2) is 5.87. The van der Waals surface area contributed by atoms with E-state index in [0.717, 1.165) is 28.4 Å². The van der Waals surface area contributed by atoms with Crippen LogP contribution in [0.3, 0.4) is 0 Å². The summed E-state index contributed by atoms with van der Waals surface area (Å²) in [6.07, 6.45) is -0.143. The van der Waals surface area contributed by atoms with E-state index in [1.807, 2.05) is 62.4 Å².